The van der Waals surface area contributed by atoms with Gasteiger partial charge in [-0.25, -0.2) is 9.50 Å². The van der Waals surface area contributed by atoms with E-state index in [4.69, 9.17) is 5.73 Å². The van der Waals surface area contributed by atoms with E-state index in [1.54, 1.807) is 0 Å². The van der Waals surface area contributed by atoms with Crippen LogP contribution in [-0.4, -0.2) is 37.6 Å². The van der Waals surface area contributed by atoms with E-state index in [1.807, 2.05) is 12.1 Å². The lowest BCUT2D eigenvalue weighted by atomic mass is 10.1. The molecule has 4 N–H and O–H groups in total. The monoisotopic (exact) mass is 351 g/mol. The third kappa shape index (κ3) is 2.60. The Morgan fingerprint density at radius 2 is 1.92 bits per heavy atom. The number of benzene rings is 1. The molecule has 2 aromatic heterocycles. The predicted octanol–water partition coefficient (Wildman–Crippen LogP) is 0.218. The summed E-state index contributed by atoms with van der Waals surface area (Å²) in [6.45, 7) is -0.472. The number of nitrogens with one attached hydrogen (secondary N) is 1. The van der Waals surface area contributed by atoms with Gasteiger partial charge in [0.05, 0.1) is 6.61 Å². The molecule has 0 saturated heterocycles. The van der Waals surface area contributed by atoms with Crippen LogP contribution in [0.1, 0.15) is 37.7 Å². The zero-order valence-electron chi connectivity index (χ0n) is 13.8. The minimum atomic E-state index is -0.750. The van der Waals surface area contributed by atoms with Crippen LogP contribution in [0.15, 0.2) is 36.5 Å². The number of fused-ring (bicyclic) bond motifs is 2. The second kappa shape index (κ2) is 6.23. The van der Waals surface area contributed by atoms with Crippen LogP contribution in [-0.2, 0) is 19.4 Å². The van der Waals surface area contributed by atoms with Crippen molar-refractivity contribution in [3.05, 3.63) is 64.6 Å². The van der Waals surface area contributed by atoms with Gasteiger partial charge in [0.2, 0.25) is 0 Å². The molecule has 8 nitrogen and oxygen atoms in total. The van der Waals surface area contributed by atoms with Gasteiger partial charge in [-0.3, -0.25) is 9.59 Å². The summed E-state index contributed by atoms with van der Waals surface area (Å²) in [5.74, 6) is -1.07. The van der Waals surface area contributed by atoms with Gasteiger partial charge in [0, 0.05) is 12.2 Å². The van der Waals surface area contributed by atoms with Crippen LogP contribution in [0.5, 0.6) is 0 Å². The first-order valence-electron chi connectivity index (χ1n) is 8.23. The van der Waals surface area contributed by atoms with Gasteiger partial charge in [-0.1, -0.05) is 24.3 Å². The number of carbonyl (C=O) groups is 2. The molecule has 0 unspecified atom stereocenters. The molecule has 0 radical (unpaired) electrons. The fraction of sp³-hybridized carbons (Fsp3) is 0.222. The van der Waals surface area contributed by atoms with E-state index in [0.29, 0.717) is 0 Å². The van der Waals surface area contributed by atoms with E-state index in [2.05, 4.69) is 27.5 Å². The summed E-state index contributed by atoms with van der Waals surface area (Å²) in [6, 6.07) is 9.61. The summed E-state index contributed by atoms with van der Waals surface area (Å²) in [7, 11) is 0. The van der Waals surface area contributed by atoms with Crippen molar-refractivity contribution in [2.45, 2.75) is 25.5 Å². The van der Waals surface area contributed by atoms with E-state index in [0.717, 1.165) is 12.8 Å². The predicted molar refractivity (Wildman–Crippen MR) is 92.5 cm³/mol. The van der Waals surface area contributed by atoms with Gasteiger partial charge in [0.25, 0.3) is 11.8 Å². The van der Waals surface area contributed by atoms with E-state index in [9.17, 15) is 14.7 Å². The van der Waals surface area contributed by atoms with Crippen molar-refractivity contribution in [2.24, 2.45) is 5.73 Å². The molecule has 26 heavy (non-hydrogen) atoms. The first-order chi connectivity index (χ1) is 12.6. The first-order valence-corrected chi connectivity index (χ1v) is 8.23. The summed E-state index contributed by atoms with van der Waals surface area (Å²) in [6.07, 6.45) is 2.95. The maximum atomic E-state index is 12.8. The molecule has 0 saturated carbocycles. The quantitative estimate of drug-likeness (QED) is 0.620. The van der Waals surface area contributed by atoms with Gasteiger partial charge in [-0.05, 0) is 30.0 Å². The number of hydrogen-bond acceptors (Lipinski definition) is 5. The summed E-state index contributed by atoms with van der Waals surface area (Å²) in [5.41, 5.74) is 8.33. The topological polar surface area (TPSA) is 123 Å². The van der Waals surface area contributed by atoms with Crippen LogP contribution >= 0.6 is 0 Å². The Balaban J connectivity index is 1.65. The van der Waals surface area contributed by atoms with Crippen molar-refractivity contribution in [1.82, 2.24) is 19.9 Å². The molecule has 2 heterocycles. The lowest BCUT2D eigenvalue weighted by Crippen LogP contribution is -2.36. The smallest absolute Gasteiger partial charge is 0.270 e. The van der Waals surface area contributed by atoms with Crippen molar-refractivity contribution in [1.29, 1.82) is 0 Å². The molecule has 1 aliphatic carbocycles. The minimum absolute atomic E-state index is 0.00778. The zero-order chi connectivity index (χ0) is 18.3. The first kappa shape index (κ1) is 16.2. The van der Waals surface area contributed by atoms with Crippen LogP contribution in [0.3, 0.4) is 0 Å². The third-order valence-corrected chi connectivity index (χ3v) is 4.61. The van der Waals surface area contributed by atoms with E-state index in [-0.39, 0.29) is 34.5 Å². The van der Waals surface area contributed by atoms with Crippen LogP contribution in [0.25, 0.3) is 5.65 Å². The lowest BCUT2D eigenvalue weighted by Gasteiger charge is -2.12. The van der Waals surface area contributed by atoms with Crippen LogP contribution in [0.2, 0.25) is 0 Å². The number of carbonyl (C=O) groups excluding carboxylic acids is 2. The normalized spacial score (nSPS) is 13.7. The number of rotatable bonds is 4. The number of primary amides is 1. The highest BCUT2D eigenvalue weighted by Gasteiger charge is 2.25. The Morgan fingerprint density at radius 3 is 2.54 bits per heavy atom. The molecule has 0 bridgehead atoms. The van der Waals surface area contributed by atoms with Crippen LogP contribution in [0, 0.1) is 0 Å². The number of hydrogen-bond donors (Lipinski definition) is 3. The zero-order valence-corrected chi connectivity index (χ0v) is 13.8. The summed E-state index contributed by atoms with van der Waals surface area (Å²) in [4.78, 5) is 28.5. The Morgan fingerprint density at radius 1 is 1.23 bits per heavy atom. The van der Waals surface area contributed by atoms with Crippen LogP contribution < -0.4 is 11.1 Å². The molecule has 3 aromatic rings. The van der Waals surface area contributed by atoms with Gasteiger partial charge < -0.3 is 16.2 Å². The lowest BCUT2D eigenvalue weighted by molar-refractivity contribution is 0.0929. The van der Waals surface area contributed by atoms with Gasteiger partial charge >= 0.3 is 0 Å². The largest absolute Gasteiger partial charge is 0.390 e. The molecule has 2 amide bonds. The Labute approximate surface area is 148 Å². The summed E-state index contributed by atoms with van der Waals surface area (Å²) >= 11 is 0. The van der Waals surface area contributed by atoms with Crippen molar-refractivity contribution in [3.8, 4) is 0 Å². The second-order valence-corrected chi connectivity index (χ2v) is 6.26. The Kier molecular flexibility index (Phi) is 3.89. The second-order valence-electron chi connectivity index (χ2n) is 6.26. The number of amides is 2. The third-order valence-electron chi connectivity index (χ3n) is 4.61. The van der Waals surface area contributed by atoms with Crippen molar-refractivity contribution in [3.63, 3.8) is 0 Å². The fourth-order valence-corrected chi connectivity index (χ4v) is 3.44. The molecule has 0 fully saturated rings. The standard InChI is InChI=1S/C18H17N5O3/c19-16(25)15-13(9-24)22-23-14(5-6-20-17(15)23)18(26)21-12-7-10-3-1-2-4-11(10)8-12/h1-6,12,24H,7-9H2,(H2,19,25)(H,21,26). The fourth-order valence-electron chi connectivity index (χ4n) is 3.44. The van der Waals surface area contributed by atoms with Gasteiger partial charge in [-0.15, -0.1) is 0 Å². The van der Waals surface area contributed by atoms with Gasteiger partial charge in [0.1, 0.15) is 17.0 Å². The van der Waals surface area contributed by atoms with Crippen molar-refractivity contribution >= 4 is 17.5 Å². The van der Waals surface area contributed by atoms with E-state index >= 15 is 0 Å². The molecule has 8 heteroatoms. The average Bonchev–Trinajstić information content (AvgIpc) is 3.21. The highest BCUT2D eigenvalue weighted by molar-refractivity contribution is 6.01. The Hall–Kier alpha value is -3.26. The summed E-state index contributed by atoms with van der Waals surface area (Å²) < 4.78 is 1.25. The molecule has 0 spiro atoms. The van der Waals surface area contributed by atoms with E-state index in [1.165, 1.54) is 27.9 Å². The molecule has 1 aromatic carbocycles. The van der Waals surface area contributed by atoms with Gasteiger partial charge in [-0.2, -0.15) is 5.10 Å². The number of aliphatic hydroxyl groups excluding tert-OH is 1. The molecular formula is C18H17N5O3. The number of nitrogens with two attached hydrogens (primary N) is 1. The summed E-state index contributed by atoms with van der Waals surface area (Å²) in [5, 5.41) is 16.5. The molecule has 1 aliphatic rings. The molecule has 4 rings (SSSR count). The van der Waals surface area contributed by atoms with Crippen molar-refractivity contribution < 1.29 is 14.7 Å². The van der Waals surface area contributed by atoms with Crippen LogP contribution in [0.4, 0.5) is 0 Å². The molecular weight excluding hydrogens is 334 g/mol. The molecule has 132 valence electrons. The Bertz CT molecular complexity index is 1000. The average molecular weight is 351 g/mol. The van der Waals surface area contributed by atoms with Gasteiger partial charge in [0.15, 0.2) is 5.65 Å². The highest BCUT2D eigenvalue weighted by atomic mass is 16.3. The molecule has 0 atom stereocenters. The van der Waals surface area contributed by atoms with E-state index < -0.39 is 12.5 Å². The SMILES string of the molecule is NC(=O)c1c(CO)nn2c(C(=O)NC3Cc4ccccc4C3)ccnc12. The maximum absolute atomic E-state index is 12.8. The maximum Gasteiger partial charge on any atom is 0.270 e. The van der Waals surface area contributed by atoms with Crippen molar-refractivity contribution in [2.75, 3.05) is 0 Å². The number of nitrogens with zero attached hydrogens (tertiary/aromatic N) is 3. The highest BCUT2D eigenvalue weighted by Crippen LogP contribution is 2.22. The number of aromatic nitrogens is 3. The number of aliphatic hydroxyl groups is 1. The molecule has 0 aliphatic heterocycles. The minimum Gasteiger partial charge on any atom is -0.390 e.